The smallest absolute Gasteiger partial charge is 0.339 e. The molecule has 138 valence electrons. The van der Waals surface area contributed by atoms with E-state index in [2.05, 4.69) is 10.2 Å². The van der Waals surface area contributed by atoms with E-state index in [4.69, 9.17) is 0 Å². The first kappa shape index (κ1) is 18.5. The number of phenols is 1. The minimum atomic E-state index is -4.54. The first-order valence-electron chi connectivity index (χ1n) is 7.66. The number of aryl methyl sites for hydroxylation is 1. The molecule has 0 aliphatic carbocycles. The van der Waals surface area contributed by atoms with Crippen LogP contribution < -0.4 is 0 Å². The lowest BCUT2D eigenvalue weighted by Gasteiger charge is -2.08. The van der Waals surface area contributed by atoms with Gasteiger partial charge in [-0.25, -0.2) is 4.79 Å². The summed E-state index contributed by atoms with van der Waals surface area (Å²) in [4.78, 5) is 10.9. The predicted molar refractivity (Wildman–Crippen MR) is 97.7 cm³/mol. The molecule has 8 nitrogen and oxygen atoms in total. The highest BCUT2D eigenvalue weighted by Crippen LogP contribution is 2.39. The average molecular weight is 386 g/mol. The van der Waals surface area contributed by atoms with E-state index in [1.807, 2.05) is 0 Å². The van der Waals surface area contributed by atoms with Gasteiger partial charge in [-0.1, -0.05) is 30.3 Å². The number of aromatic hydroxyl groups is 1. The van der Waals surface area contributed by atoms with Crippen LogP contribution in [0.25, 0.3) is 10.8 Å². The lowest BCUT2D eigenvalue weighted by molar-refractivity contribution is 0.0694. The Morgan fingerprint density at radius 1 is 1.04 bits per heavy atom. The summed E-state index contributed by atoms with van der Waals surface area (Å²) in [6, 6.07) is 12.1. The monoisotopic (exact) mass is 386 g/mol. The Hall–Kier alpha value is -3.30. The number of hydrogen-bond acceptors (Lipinski definition) is 6. The fourth-order valence-electron chi connectivity index (χ4n) is 2.60. The minimum Gasteiger partial charge on any atom is -0.505 e. The Balaban J connectivity index is 2.24. The number of nitrogens with zero attached hydrogens (tertiary/aromatic N) is 2. The third kappa shape index (κ3) is 3.64. The number of carboxylic acids is 1. The molecule has 0 aliphatic rings. The average Bonchev–Trinajstić information content (AvgIpc) is 2.60. The normalized spacial score (nSPS) is 11.9. The molecule has 0 bridgehead atoms. The van der Waals surface area contributed by atoms with Crippen molar-refractivity contribution in [2.24, 2.45) is 10.2 Å². The van der Waals surface area contributed by atoms with Crippen LogP contribution >= 0.6 is 0 Å². The van der Waals surface area contributed by atoms with Crippen LogP contribution in [0, 0.1) is 6.92 Å². The summed E-state index contributed by atoms with van der Waals surface area (Å²) < 4.78 is 32.5. The molecule has 0 unspecified atom stereocenters. The standard InChI is InChI=1S/C18H14N2O6S/c1-10-6-7-14(15(8-10)27(24,25)26)19-20-16-12-5-3-2-4-11(12)9-13(17(16)21)18(22)23/h2-9,21H,1H3,(H,22,23)(H,24,25,26). The molecule has 27 heavy (non-hydrogen) atoms. The van der Waals surface area contributed by atoms with Crippen molar-refractivity contribution in [3.05, 3.63) is 59.7 Å². The molecule has 0 aliphatic heterocycles. The number of hydrogen-bond donors (Lipinski definition) is 3. The summed E-state index contributed by atoms with van der Waals surface area (Å²) >= 11 is 0. The number of azo groups is 1. The first-order chi connectivity index (χ1) is 12.7. The van der Waals surface area contributed by atoms with Crippen LogP contribution in [-0.4, -0.2) is 29.2 Å². The second kappa shape index (κ2) is 6.78. The van der Waals surface area contributed by atoms with Gasteiger partial charge in [0.25, 0.3) is 10.1 Å². The minimum absolute atomic E-state index is 0.118. The Bertz CT molecular complexity index is 1200. The number of carbonyl (C=O) groups is 1. The molecule has 0 saturated carbocycles. The van der Waals surface area contributed by atoms with Gasteiger partial charge < -0.3 is 10.2 Å². The molecule has 0 fully saturated rings. The number of carboxylic acid groups (broad SMARTS) is 1. The highest BCUT2D eigenvalue weighted by atomic mass is 32.2. The highest BCUT2D eigenvalue weighted by molar-refractivity contribution is 7.86. The SMILES string of the molecule is Cc1ccc(N=Nc2c(O)c(C(=O)O)cc3ccccc23)c(S(=O)(=O)O)c1. The van der Waals surface area contributed by atoms with E-state index in [-0.39, 0.29) is 16.9 Å². The highest BCUT2D eigenvalue weighted by Gasteiger charge is 2.19. The zero-order valence-electron chi connectivity index (χ0n) is 14.0. The Kier molecular flexibility index (Phi) is 4.64. The topological polar surface area (TPSA) is 137 Å². The van der Waals surface area contributed by atoms with E-state index < -0.39 is 26.7 Å². The fourth-order valence-corrected chi connectivity index (χ4v) is 3.30. The Labute approximate surface area is 154 Å². The summed E-state index contributed by atoms with van der Waals surface area (Å²) in [6.07, 6.45) is 0. The van der Waals surface area contributed by atoms with Gasteiger partial charge in [-0.05, 0) is 36.1 Å². The van der Waals surface area contributed by atoms with E-state index in [0.29, 0.717) is 16.3 Å². The van der Waals surface area contributed by atoms with Crippen LogP contribution in [-0.2, 0) is 10.1 Å². The van der Waals surface area contributed by atoms with Crippen molar-refractivity contribution in [1.29, 1.82) is 0 Å². The Morgan fingerprint density at radius 2 is 1.74 bits per heavy atom. The number of rotatable bonds is 4. The summed E-state index contributed by atoms with van der Waals surface area (Å²) in [6.45, 7) is 1.64. The summed E-state index contributed by atoms with van der Waals surface area (Å²) in [5.41, 5.74) is -0.0380. The number of fused-ring (bicyclic) bond motifs is 1. The molecule has 3 aromatic carbocycles. The van der Waals surface area contributed by atoms with E-state index >= 15 is 0 Å². The second-order valence-electron chi connectivity index (χ2n) is 5.79. The van der Waals surface area contributed by atoms with E-state index in [9.17, 15) is 28.0 Å². The van der Waals surface area contributed by atoms with Crippen LogP contribution in [0.5, 0.6) is 5.75 Å². The molecule has 3 aromatic rings. The van der Waals surface area contributed by atoms with Crippen LogP contribution in [0.15, 0.2) is 63.7 Å². The predicted octanol–water partition coefficient (Wildman–Crippen LogP) is 4.21. The van der Waals surface area contributed by atoms with Gasteiger partial charge in [0.2, 0.25) is 0 Å². The fraction of sp³-hybridized carbons (Fsp3) is 0.0556. The lowest BCUT2D eigenvalue weighted by atomic mass is 10.0. The molecule has 3 rings (SSSR count). The van der Waals surface area contributed by atoms with Crippen molar-refractivity contribution in [3.63, 3.8) is 0 Å². The molecular weight excluding hydrogens is 372 g/mol. The molecule has 3 N–H and O–H groups in total. The maximum atomic E-state index is 11.6. The molecule has 0 saturated heterocycles. The zero-order chi connectivity index (χ0) is 19.8. The van der Waals surface area contributed by atoms with Crippen molar-refractivity contribution in [2.45, 2.75) is 11.8 Å². The van der Waals surface area contributed by atoms with Gasteiger partial charge in [-0.2, -0.15) is 8.42 Å². The van der Waals surface area contributed by atoms with Gasteiger partial charge in [0, 0.05) is 5.39 Å². The van der Waals surface area contributed by atoms with Gasteiger partial charge in [0.05, 0.1) is 0 Å². The second-order valence-corrected chi connectivity index (χ2v) is 7.18. The maximum Gasteiger partial charge on any atom is 0.339 e. The van der Waals surface area contributed by atoms with Crippen molar-refractivity contribution in [2.75, 3.05) is 0 Å². The molecule has 0 aromatic heterocycles. The van der Waals surface area contributed by atoms with E-state index in [1.165, 1.54) is 18.2 Å². The third-order valence-corrected chi connectivity index (χ3v) is 4.76. The number of aromatic carboxylic acids is 1. The molecule has 9 heteroatoms. The summed E-state index contributed by atoms with van der Waals surface area (Å²) in [5.74, 6) is -1.94. The van der Waals surface area contributed by atoms with Crippen LogP contribution in [0.1, 0.15) is 15.9 Å². The van der Waals surface area contributed by atoms with Crippen LogP contribution in [0.2, 0.25) is 0 Å². The van der Waals surface area contributed by atoms with Gasteiger partial charge in [-0.3, -0.25) is 4.55 Å². The van der Waals surface area contributed by atoms with Crippen molar-refractivity contribution >= 4 is 38.2 Å². The largest absolute Gasteiger partial charge is 0.505 e. The quantitative estimate of drug-likeness (QED) is 0.454. The maximum absolute atomic E-state index is 11.6. The lowest BCUT2D eigenvalue weighted by Crippen LogP contribution is -1.99. The Morgan fingerprint density at radius 3 is 2.41 bits per heavy atom. The summed E-state index contributed by atoms with van der Waals surface area (Å²) in [5, 5.41) is 28.2. The molecule has 0 atom stereocenters. The van der Waals surface area contributed by atoms with Crippen LogP contribution in [0.4, 0.5) is 11.4 Å². The third-order valence-electron chi connectivity index (χ3n) is 3.88. The van der Waals surface area contributed by atoms with Crippen molar-refractivity contribution < 1.29 is 28.0 Å². The van der Waals surface area contributed by atoms with E-state index in [0.717, 1.165) is 0 Å². The van der Waals surface area contributed by atoms with Crippen molar-refractivity contribution in [3.8, 4) is 5.75 Å². The number of benzene rings is 3. The van der Waals surface area contributed by atoms with E-state index in [1.54, 1.807) is 37.3 Å². The molecule has 0 radical (unpaired) electrons. The first-order valence-corrected chi connectivity index (χ1v) is 9.10. The van der Waals surface area contributed by atoms with Gasteiger partial charge in [0.15, 0.2) is 5.75 Å². The van der Waals surface area contributed by atoms with Gasteiger partial charge in [-0.15, -0.1) is 10.2 Å². The summed E-state index contributed by atoms with van der Waals surface area (Å²) in [7, 11) is -4.54. The van der Waals surface area contributed by atoms with Gasteiger partial charge in [0.1, 0.15) is 21.8 Å². The molecular formula is C18H14N2O6S. The molecule has 0 heterocycles. The molecule has 0 spiro atoms. The van der Waals surface area contributed by atoms with Crippen LogP contribution in [0.3, 0.4) is 0 Å². The van der Waals surface area contributed by atoms with Crippen molar-refractivity contribution in [1.82, 2.24) is 0 Å². The van der Waals surface area contributed by atoms with Gasteiger partial charge >= 0.3 is 5.97 Å². The zero-order valence-corrected chi connectivity index (χ0v) is 14.8. The molecule has 0 amide bonds.